The molecule has 2 amide bonds. The van der Waals surface area contributed by atoms with Crippen molar-refractivity contribution < 1.29 is 23.5 Å². The molecule has 5 rings (SSSR count). The highest BCUT2D eigenvalue weighted by Gasteiger charge is 2.53. The molecule has 1 saturated carbocycles. The van der Waals surface area contributed by atoms with Gasteiger partial charge in [0.05, 0.1) is 37.0 Å². The zero-order valence-electron chi connectivity index (χ0n) is 21.0. The number of hydrogen-bond acceptors (Lipinski definition) is 6. The predicted molar refractivity (Wildman–Crippen MR) is 143 cm³/mol. The molecule has 3 aliphatic rings. The number of cyclic esters (lactones) is 1. The van der Waals surface area contributed by atoms with Crippen LogP contribution in [-0.2, 0) is 19.7 Å². The van der Waals surface area contributed by atoms with Gasteiger partial charge >= 0.3 is 6.09 Å². The molecule has 196 valence electrons. The van der Waals surface area contributed by atoms with Gasteiger partial charge in [-0.2, -0.15) is 0 Å². The number of carbonyl (C=O) groups is 2. The van der Waals surface area contributed by atoms with Crippen LogP contribution in [0.5, 0.6) is 0 Å². The maximum absolute atomic E-state index is 15.2. The lowest BCUT2D eigenvalue weighted by Crippen LogP contribution is -2.51. The third kappa shape index (κ3) is 5.07. The number of piperazine rings is 1. The van der Waals surface area contributed by atoms with Gasteiger partial charge in [0.1, 0.15) is 11.9 Å². The summed E-state index contributed by atoms with van der Waals surface area (Å²) in [6, 6.07) is 13.0. The zero-order chi connectivity index (χ0) is 26.2. The molecule has 0 bridgehead atoms. The monoisotopic (exact) mass is 526 g/mol. The second kappa shape index (κ2) is 10.2. The van der Waals surface area contributed by atoms with Gasteiger partial charge in [-0.25, -0.2) is 9.18 Å². The van der Waals surface area contributed by atoms with Gasteiger partial charge in [-0.3, -0.25) is 9.69 Å². The maximum atomic E-state index is 15.2. The summed E-state index contributed by atoms with van der Waals surface area (Å²) in [5.41, 5.74) is 2.78. The van der Waals surface area contributed by atoms with Crippen molar-refractivity contribution in [2.75, 3.05) is 56.2 Å². The Balaban J connectivity index is 1.19. The molecule has 2 heterocycles. The van der Waals surface area contributed by atoms with Crippen LogP contribution < -0.4 is 15.1 Å². The molecule has 0 radical (unpaired) electrons. The first-order chi connectivity index (χ1) is 17.8. The smallest absolute Gasteiger partial charge is 0.414 e. The van der Waals surface area contributed by atoms with Crippen LogP contribution in [0.2, 0.25) is 0 Å². The molecule has 0 unspecified atom stereocenters. The largest absolute Gasteiger partial charge is 0.474 e. The summed E-state index contributed by atoms with van der Waals surface area (Å²) in [5, 5.41) is 3.08. The van der Waals surface area contributed by atoms with Crippen LogP contribution in [0.3, 0.4) is 0 Å². The number of hydrogen-bond donors (Lipinski definition) is 1. The molecule has 1 atom stereocenters. The van der Waals surface area contributed by atoms with Crippen LogP contribution in [0.15, 0.2) is 42.5 Å². The van der Waals surface area contributed by atoms with Gasteiger partial charge in [-0.15, -0.1) is 0 Å². The van der Waals surface area contributed by atoms with E-state index in [4.69, 9.17) is 21.7 Å². The number of rotatable bonds is 6. The molecule has 2 aromatic rings. The number of thiocarbonyl (C=S) groups is 1. The number of halogens is 1. The van der Waals surface area contributed by atoms with Gasteiger partial charge in [-0.1, -0.05) is 29.8 Å². The van der Waals surface area contributed by atoms with Crippen molar-refractivity contribution in [2.24, 2.45) is 0 Å². The van der Waals surface area contributed by atoms with Crippen LogP contribution in [0.4, 0.5) is 20.6 Å². The molecular formula is C27H31FN4O4S. The average molecular weight is 527 g/mol. The predicted octanol–water partition coefficient (Wildman–Crippen LogP) is 3.36. The molecule has 2 saturated heterocycles. The van der Waals surface area contributed by atoms with Crippen molar-refractivity contribution in [1.82, 2.24) is 10.2 Å². The fraction of sp³-hybridized carbons (Fsp3) is 0.444. The first kappa shape index (κ1) is 25.3. The van der Waals surface area contributed by atoms with Crippen molar-refractivity contribution in [3.8, 4) is 0 Å². The van der Waals surface area contributed by atoms with Crippen molar-refractivity contribution >= 4 is 40.8 Å². The number of carbonyl (C=O) groups excluding carboxylic acids is 2. The van der Waals surface area contributed by atoms with E-state index in [1.165, 1.54) is 23.6 Å². The van der Waals surface area contributed by atoms with E-state index >= 15 is 4.39 Å². The number of ether oxygens (including phenoxy) is 2. The summed E-state index contributed by atoms with van der Waals surface area (Å²) in [7, 11) is 1.46. The van der Waals surface area contributed by atoms with Gasteiger partial charge in [0.25, 0.3) is 5.17 Å². The van der Waals surface area contributed by atoms with E-state index < -0.39 is 23.4 Å². The Morgan fingerprint density at radius 2 is 1.86 bits per heavy atom. The van der Waals surface area contributed by atoms with Crippen LogP contribution in [0.25, 0.3) is 0 Å². The number of aryl methyl sites for hydroxylation is 1. The Morgan fingerprint density at radius 1 is 1.16 bits per heavy atom. The highest BCUT2D eigenvalue weighted by atomic mass is 32.1. The van der Waals surface area contributed by atoms with E-state index in [0.717, 1.165) is 18.4 Å². The molecule has 10 heteroatoms. The van der Waals surface area contributed by atoms with Gasteiger partial charge < -0.3 is 24.6 Å². The van der Waals surface area contributed by atoms with Crippen molar-refractivity contribution in [1.29, 1.82) is 0 Å². The third-order valence-electron chi connectivity index (χ3n) is 7.45. The van der Waals surface area contributed by atoms with E-state index in [1.54, 1.807) is 12.1 Å². The molecule has 2 aliphatic heterocycles. The quantitative estimate of drug-likeness (QED) is 0.579. The number of nitrogens with zero attached hydrogens (tertiary/aromatic N) is 3. The van der Waals surface area contributed by atoms with Crippen molar-refractivity contribution in [3.63, 3.8) is 0 Å². The normalized spacial score (nSPS) is 20.5. The molecule has 2 aromatic carbocycles. The maximum Gasteiger partial charge on any atom is 0.414 e. The second-order valence-corrected chi connectivity index (χ2v) is 10.2. The van der Waals surface area contributed by atoms with Gasteiger partial charge in [0.15, 0.2) is 0 Å². The summed E-state index contributed by atoms with van der Waals surface area (Å²) in [6.07, 6.45) is 0.792. The number of methoxy groups -OCH3 is 1. The Labute approximate surface area is 221 Å². The SMILES string of the molecule is COC(=S)NC[C@H]1CN(c2ccc(N3CCN(C(=O)C4(c5ccc(C)cc5)CC4)CC3)c(F)c2)C(=O)O1. The standard InChI is InChI=1S/C27H31FN4O4S/c1-18-3-5-19(6-4-18)27(9-10-27)24(33)31-13-11-30(12-14-31)23-8-7-20(15-22(23)28)32-17-21(36-26(32)34)16-29-25(37)35-2/h3-8,15,21H,9-14,16-17H2,1-2H3,(H,29,37)/t21-/m0/s1. The summed E-state index contributed by atoms with van der Waals surface area (Å²) in [6.45, 7) is 4.82. The number of anilines is 2. The first-order valence-electron chi connectivity index (χ1n) is 12.5. The number of benzene rings is 2. The van der Waals surface area contributed by atoms with E-state index in [2.05, 4.69) is 29.6 Å². The summed E-state index contributed by atoms with van der Waals surface area (Å²) in [5.74, 6) is -0.236. The lowest BCUT2D eigenvalue weighted by atomic mass is 9.93. The van der Waals surface area contributed by atoms with E-state index in [9.17, 15) is 9.59 Å². The van der Waals surface area contributed by atoms with E-state index in [1.807, 2.05) is 16.7 Å². The minimum absolute atomic E-state index is 0.176. The third-order valence-corrected chi connectivity index (χ3v) is 7.76. The minimum Gasteiger partial charge on any atom is -0.474 e. The van der Waals surface area contributed by atoms with Gasteiger partial charge in [0, 0.05) is 26.2 Å². The van der Waals surface area contributed by atoms with Crippen LogP contribution in [0, 0.1) is 12.7 Å². The van der Waals surface area contributed by atoms with Crippen LogP contribution >= 0.6 is 12.2 Å². The fourth-order valence-corrected chi connectivity index (χ4v) is 5.19. The highest BCUT2D eigenvalue weighted by Crippen LogP contribution is 2.49. The average Bonchev–Trinajstić information content (AvgIpc) is 3.63. The Kier molecular flexibility index (Phi) is 6.94. The zero-order valence-corrected chi connectivity index (χ0v) is 21.9. The van der Waals surface area contributed by atoms with E-state index in [0.29, 0.717) is 44.1 Å². The van der Waals surface area contributed by atoms with E-state index in [-0.39, 0.29) is 17.6 Å². The minimum atomic E-state index is -0.531. The summed E-state index contributed by atoms with van der Waals surface area (Å²) < 4.78 is 25.4. The van der Waals surface area contributed by atoms with Crippen LogP contribution in [0.1, 0.15) is 24.0 Å². The summed E-state index contributed by atoms with van der Waals surface area (Å²) >= 11 is 4.94. The Bertz CT molecular complexity index is 1200. The molecule has 1 aliphatic carbocycles. The lowest BCUT2D eigenvalue weighted by Gasteiger charge is -2.38. The molecule has 0 spiro atoms. The topological polar surface area (TPSA) is 74.4 Å². The molecular weight excluding hydrogens is 495 g/mol. The molecule has 8 nitrogen and oxygen atoms in total. The van der Waals surface area contributed by atoms with Crippen LogP contribution in [-0.4, -0.2) is 74.6 Å². The van der Waals surface area contributed by atoms with Crippen molar-refractivity contribution in [2.45, 2.75) is 31.3 Å². The molecule has 0 aromatic heterocycles. The number of amides is 2. The molecule has 3 fully saturated rings. The molecule has 37 heavy (non-hydrogen) atoms. The highest BCUT2D eigenvalue weighted by molar-refractivity contribution is 7.80. The van der Waals surface area contributed by atoms with Crippen molar-refractivity contribution in [3.05, 3.63) is 59.4 Å². The van der Waals surface area contributed by atoms with Gasteiger partial charge in [0.2, 0.25) is 5.91 Å². The lowest BCUT2D eigenvalue weighted by molar-refractivity contribution is -0.134. The molecule has 1 N–H and O–H groups in total. The Hall–Kier alpha value is -3.40. The summed E-state index contributed by atoms with van der Waals surface area (Å²) in [4.78, 5) is 31.0. The van der Waals surface area contributed by atoms with Gasteiger partial charge in [-0.05, 0) is 55.7 Å². The Morgan fingerprint density at radius 3 is 2.49 bits per heavy atom. The fourth-order valence-electron chi connectivity index (χ4n) is 5.10. The second-order valence-electron chi connectivity index (χ2n) is 9.85. The first-order valence-corrected chi connectivity index (χ1v) is 12.9. The number of nitrogens with one attached hydrogen (secondary N) is 1.